The highest BCUT2D eigenvalue weighted by Crippen LogP contribution is 2.51. The maximum Gasteiger partial charge on any atom is 0.0972 e. The van der Waals surface area contributed by atoms with Crippen molar-refractivity contribution in [3.63, 3.8) is 0 Å². The lowest BCUT2D eigenvalue weighted by molar-refractivity contribution is 1.38. The Bertz CT molecular complexity index is 3510. The Morgan fingerprint density at radius 3 is 1.24 bits per heavy atom. The summed E-state index contributed by atoms with van der Waals surface area (Å²) < 4.78 is 0. The molecule has 0 saturated carbocycles. The number of hydrogen-bond acceptors (Lipinski definition) is 2. The van der Waals surface area contributed by atoms with Gasteiger partial charge in [-0.15, -0.1) is 0 Å². The molecule has 0 N–H and O–H groups in total. The van der Waals surface area contributed by atoms with Crippen LogP contribution < -0.4 is 0 Å². The van der Waals surface area contributed by atoms with Crippen LogP contribution in [-0.4, -0.2) is 9.97 Å². The number of benzene rings is 10. The van der Waals surface area contributed by atoms with Gasteiger partial charge in [-0.2, -0.15) is 0 Å². The minimum Gasteiger partial charge on any atom is -0.254 e. The predicted molar refractivity (Wildman–Crippen MR) is 246 cm³/mol. The van der Waals surface area contributed by atoms with E-state index < -0.39 is 0 Å². The van der Waals surface area contributed by atoms with E-state index in [1.54, 1.807) is 0 Å². The van der Waals surface area contributed by atoms with Gasteiger partial charge in [0.05, 0.1) is 16.7 Å². The molecule has 2 nitrogen and oxygen atoms in total. The standard InChI is InChI=1S/C56H34N2/c1-2-15-35(16-3-1)48-33-38-17-4-5-18-39(38)34-49(48)51-40-20-6-10-24-44(40)53(45-25-11-7-21-41(45)51)54-46-26-12-8-22-42(46)52(43-23-9-13-27-47(43)54)50-31-30-37-29-28-36-19-14-32-57-55(36)56(37)58-50/h1-34H. The molecule has 0 atom stereocenters. The molecule has 12 aromatic rings. The van der Waals surface area contributed by atoms with E-state index in [9.17, 15) is 0 Å². The van der Waals surface area contributed by atoms with E-state index in [0.717, 1.165) is 33.1 Å². The van der Waals surface area contributed by atoms with Crippen molar-refractivity contribution in [3.8, 4) is 44.6 Å². The first-order valence-corrected chi connectivity index (χ1v) is 19.9. The van der Waals surface area contributed by atoms with Crippen molar-refractivity contribution in [3.05, 3.63) is 206 Å². The zero-order valence-electron chi connectivity index (χ0n) is 31.5. The Balaban J connectivity index is 1.21. The first-order valence-electron chi connectivity index (χ1n) is 19.9. The van der Waals surface area contributed by atoms with Crippen molar-refractivity contribution in [2.45, 2.75) is 0 Å². The second-order valence-corrected chi connectivity index (χ2v) is 15.2. The highest BCUT2D eigenvalue weighted by molar-refractivity contribution is 6.30. The van der Waals surface area contributed by atoms with Crippen LogP contribution in [0.15, 0.2) is 206 Å². The fourth-order valence-corrected chi connectivity index (χ4v) is 9.53. The first kappa shape index (κ1) is 32.6. The summed E-state index contributed by atoms with van der Waals surface area (Å²) in [5.74, 6) is 0. The number of aromatic nitrogens is 2. The third-order valence-electron chi connectivity index (χ3n) is 12.0. The average molecular weight is 735 g/mol. The molecule has 0 aliphatic carbocycles. The van der Waals surface area contributed by atoms with Crippen LogP contribution in [0.1, 0.15) is 0 Å². The van der Waals surface area contributed by atoms with Gasteiger partial charge in [0.15, 0.2) is 0 Å². The zero-order chi connectivity index (χ0) is 38.2. The maximum absolute atomic E-state index is 5.41. The predicted octanol–water partition coefficient (Wildman–Crippen LogP) is 15.2. The van der Waals surface area contributed by atoms with Crippen molar-refractivity contribution in [1.82, 2.24) is 9.97 Å². The van der Waals surface area contributed by atoms with Gasteiger partial charge in [0.25, 0.3) is 0 Å². The number of fused-ring (bicyclic) bond motifs is 8. The van der Waals surface area contributed by atoms with E-state index in [0.29, 0.717) is 0 Å². The first-order chi connectivity index (χ1) is 28.8. The normalized spacial score (nSPS) is 11.8. The molecule has 0 fully saturated rings. The van der Waals surface area contributed by atoms with Gasteiger partial charge in [-0.05, 0) is 112 Å². The SMILES string of the molecule is c1ccc(-c2cc3ccccc3cc2-c2c3ccccc3c(-c3c4ccccc4c(-c4ccc5ccc6cccnc6c5n4)c4ccccc34)c3ccccc23)cc1. The van der Waals surface area contributed by atoms with Gasteiger partial charge in [0, 0.05) is 22.5 Å². The smallest absolute Gasteiger partial charge is 0.0972 e. The quantitative estimate of drug-likeness (QED) is 0.133. The molecule has 268 valence electrons. The van der Waals surface area contributed by atoms with Gasteiger partial charge in [0.2, 0.25) is 0 Å². The van der Waals surface area contributed by atoms with Crippen molar-refractivity contribution < 1.29 is 0 Å². The van der Waals surface area contributed by atoms with E-state index in [4.69, 9.17) is 9.97 Å². The number of rotatable bonds is 4. The van der Waals surface area contributed by atoms with Gasteiger partial charge in [-0.1, -0.05) is 176 Å². The van der Waals surface area contributed by atoms with Crippen molar-refractivity contribution in [1.29, 1.82) is 0 Å². The van der Waals surface area contributed by atoms with E-state index in [-0.39, 0.29) is 0 Å². The highest BCUT2D eigenvalue weighted by Gasteiger charge is 2.24. The Kier molecular flexibility index (Phi) is 7.26. The van der Waals surface area contributed by atoms with Gasteiger partial charge in [-0.25, -0.2) is 4.98 Å². The lowest BCUT2D eigenvalue weighted by Gasteiger charge is -2.23. The average Bonchev–Trinajstić information content (AvgIpc) is 3.30. The molecule has 2 heteroatoms. The fourth-order valence-electron chi connectivity index (χ4n) is 9.53. The molecule has 58 heavy (non-hydrogen) atoms. The van der Waals surface area contributed by atoms with Crippen LogP contribution in [0.5, 0.6) is 0 Å². The Hall–Kier alpha value is -7.68. The van der Waals surface area contributed by atoms with E-state index in [1.807, 2.05) is 12.3 Å². The highest BCUT2D eigenvalue weighted by atomic mass is 14.8. The summed E-state index contributed by atoms with van der Waals surface area (Å²) in [5, 5.41) is 14.3. The van der Waals surface area contributed by atoms with Crippen LogP contribution in [0.4, 0.5) is 0 Å². The van der Waals surface area contributed by atoms with E-state index in [1.165, 1.54) is 87.2 Å². The molecule has 0 radical (unpaired) electrons. The third kappa shape index (κ3) is 4.92. The van der Waals surface area contributed by atoms with Crippen LogP contribution in [0.3, 0.4) is 0 Å². The largest absolute Gasteiger partial charge is 0.254 e. The number of hydrogen-bond donors (Lipinski definition) is 0. The summed E-state index contributed by atoms with van der Waals surface area (Å²) in [6.07, 6.45) is 1.86. The topological polar surface area (TPSA) is 25.8 Å². The second-order valence-electron chi connectivity index (χ2n) is 15.2. The Morgan fingerprint density at radius 1 is 0.276 bits per heavy atom. The molecule has 2 heterocycles. The minimum atomic E-state index is 0.920. The van der Waals surface area contributed by atoms with Crippen molar-refractivity contribution in [2.75, 3.05) is 0 Å². The third-order valence-corrected chi connectivity index (χ3v) is 12.0. The lowest BCUT2D eigenvalue weighted by atomic mass is 9.80. The van der Waals surface area contributed by atoms with Crippen LogP contribution in [0, 0.1) is 0 Å². The van der Waals surface area contributed by atoms with Crippen molar-refractivity contribution in [2.24, 2.45) is 0 Å². The number of pyridine rings is 2. The van der Waals surface area contributed by atoms with Crippen LogP contribution in [-0.2, 0) is 0 Å². The summed E-state index contributed by atoms with van der Waals surface area (Å²) in [7, 11) is 0. The molecule has 10 aromatic carbocycles. The maximum atomic E-state index is 5.41. The van der Waals surface area contributed by atoms with Crippen LogP contribution in [0.25, 0.3) is 120 Å². The summed E-state index contributed by atoms with van der Waals surface area (Å²) in [4.78, 5) is 10.2. The second kappa shape index (κ2) is 12.9. The van der Waals surface area contributed by atoms with Gasteiger partial charge in [0.1, 0.15) is 0 Å². The molecule has 0 bridgehead atoms. The molecule has 0 aliphatic heterocycles. The molecule has 0 unspecified atom stereocenters. The van der Waals surface area contributed by atoms with Gasteiger partial charge >= 0.3 is 0 Å². The molecular weight excluding hydrogens is 701 g/mol. The molecule has 0 amide bonds. The summed E-state index contributed by atoms with van der Waals surface area (Å²) in [5.41, 5.74) is 11.3. The summed E-state index contributed by atoms with van der Waals surface area (Å²) in [6, 6.07) is 73.0. The van der Waals surface area contributed by atoms with Crippen LogP contribution in [0.2, 0.25) is 0 Å². The fraction of sp³-hybridized carbons (Fsp3) is 0. The Labute approximate surface area is 335 Å². The molecular formula is C56H34N2. The zero-order valence-corrected chi connectivity index (χ0v) is 31.5. The Morgan fingerprint density at radius 2 is 0.690 bits per heavy atom. The van der Waals surface area contributed by atoms with E-state index in [2.05, 4.69) is 194 Å². The monoisotopic (exact) mass is 734 g/mol. The lowest BCUT2D eigenvalue weighted by Crippen LogP contribution is -1.96. The molecule has 0 aliphatic rings. The molecule has 0 saturated heterocycles. The molecule has 12 rings (SSSR count). The molecule has 2 aromatic heterocycles. The van der Waals surface area contributed by atoms with Gasteiger partial charge in [-0.3, -0.25) is 4.98 Å². The van der Waals surface area contributed by atoms with Gasteiger partial charge < -0.3 is 0 Å². The molecule has 0 spiro atoms. The summed E-state index contributed by atoms with van der Waals surface area (Å²) in [6.45, 7) is 0. The number of nitrogens with zero attached hydrogens (tertiary/aromatic N) is 2. The van der Waals surface area contributed by atoms with E-state index >= 15 is 0 Å². The van der Waals surface area contributed by atoms with Crippen LogP contribution >= 0.6 is 0 Å². The van der Waals surface area contributed by atoms with Crippen molar-refractivity contribution >= 4 is 75.7 Å². The minimum absolute atomic E-state index is 0.920. The summed E-state index contributed by atoms with van der Waals surface area (Å²) >= 11 is 0.